The van der Waals surface area contributed by atoms with Gasteiger partial charge in [0.25, 0.3) is 11.8 Å². The molecule has 8 heteroatoms. The highest BCUT2D eigenvalue weighted by Crippen LogP contribution is 2.32. The molecular weight excluding hydrogens is 377 g/mol. The summed E-state index contributed by atoms with van der Waals surface area (Å²) < 4.78 is 23.9. The fourth-order valence-electron chi connectivity index (χ4n) is 2.75. The van der Waals surface area contributed by atoms with Gasteiger partial charge in [-0.1, -0.05) is 0 Å². The van der Waals surface area contributed by atoms with Gasteiger partial charge in [-0.3, -0.25) is 14.6 Å². The van der Waals surface area contributed by atoms with Crippen LogP contribution in [-0.4, -0.2) is 30.0 Å². The molecule has 1 aliphatic rings. The van der Waals surface area contributed by atoms with Gasteiger partial charge >= 0.3 is 0 Å². The molecule has 146 valence electrons. The molecule has 0 atom stereocenters. The molecule has 1 aromatic heterocycles. The van der Waals surface area contributed by atoms with Gasteiger partial charge < -0.3 is 20.1 Å². The number of fused-ring (bicyclic) bond motifs is 1. The molecule has 0 aliphatic carbocycles. The van der Waals surface area contributed by atoms with Gasteiger partial charge in [0.05, 0.1) is 0 Å². The summed E-state index contributed by atoms with van der Waals surface area (Å²) in [4.78, 5) is 28.9. The molecular formula is C21H16FN3O4. The van der Waals surface area contributed by atoms with Gasteiger partial charge in [-0.05, 0) is 48.5 Å². The molecule has 0 saturated carbocycles. The quantitative estimate of drug-likeness (QED) is 0.708. The third-order valence-electron chi connectivity index (χ3n) is 4.16. The van der Waals surface area contributed by atoms with Gasteiger partial charge in [0.1, 0.15) is 24.7 Å². The number of aromatic nitrogens is 1. The average molecular weight is 393 g/mol. The van der Waals surface area contributed by atoms with Crippen LogP contribution in [0.15, 0.2) is 60.8 Å². The molecule has 0 fully saturated rings. The van der Waals surface area contributed by atoms with Crippen LogP contribution in [0.25, 0.3) is 0 Å². The van der Waals surface area contributed by atoms with Crippen molar-refractivity contribution in [3.63, 3.8) is 0 Å². The molecule has 1 aliphatic heterocycles. The minimum absolute atomic E-state index is 0.0594. The standard InChI is InChI=1S/C21H16FN3O4/c22-14-1-3-15(4-2-14)24-21(27)17-11-13(7-8-23-17)20(26)25-16-5-6-18-19(12-16)29-10-9-28-18/h1-8,11-12H,9-10H2,(H,24,27)(H,25,26). The first-order valence-corrected chi connectivity index (χ1v) is 8.82. The summed E-state index contributed by atoms with van der Waals surface area (Å²) in [5.74, 6) is -0.134. The van der Waals surface area contributed by atoms with E-state index in [-0.39, 0.29) is 11.3 Å². The summed E-state index contributed by atoms with van der Waals surface area (Å²) in [7, 11) is 0. The van der Waals surface area contributed by atoms with E-state index in [9.17, 15) is 14.0 Å². The van der Waals surface area contributed by atoms with Gasteiger partial charge in [0.2, 0.25) is 0 Å². The Bertz CT molecular complexity index is 1070. The Balaban J connectivity index is 1.47. The van der Waals surface area contributed by atoms with Gasteiger partial charge in [-0.2, -0.15) is 0 Å². The first-order valence-electron chi connectivity index (χ1n) is 8.82. The van der Waals surface area contributed by atoms with Crippen LogP contribution in [-0.2, 0) is 0 Å². The first-order chi connectivity index (χ1) is 14.1. The van der Waals surface area contributed by atoms with E-state index in [4.69, 9.17) is 9.47 Å². The summed E-state index contributed by atoms with van der Waals surface area (Å²) >= 11 is 0. The van der Waals surface area contributed by atoms with Crippen molar-refractivity contribution >= 4 is 23.2 Å². The minimum atomic E-state index is -0.509. The van der Waals surface area contributed by atoms with Crippen molar-refractivity contribution in [2.75, 3.05) is 23.8 Å². The van der Waals surface area contributed by atoms with Crippen molar-refractivity contribution < 1.29 is 23.5 Å². The maximum Gasteiger partial charge on any atom is 0.274 e. The largest absolute Gasteiger partial charge is 0.486 e. The maximum atomic E-state index is 13.0. The fraction of sp³-hybridized carbons (Fsp3) is 0.0952. The van der Waals surface area contributed by atoms with Gasteiger partial charge in [-0.25, -0.2) is 4.39 Å². The zero-order valence-electron chi connectivity index (χ0n) is 15.1. The topological polar surface area (TPSA) is 89.6 Å². The highest BCUT2D eigenvalue weighted by atomic mass is 19.1. The minimum Gasteiger partial charge on any atom is -0.486 e. The second-order valence-electron chi connectivity index (χ2n) is 6.20. The Morgan fingerprint density at radius 3 is 2.31 bits per heavy atom. The number of hydrogen-bond donors (Lipinski definition) is 2. The van der Waals surface area contributed by atoms with Crippen molar-refractivity contribution in [2.45, 2.75) is 0 Å². The number of hydrogen-bond acceptors (Lipinski definition) is 5. The van der Waals surface area contributed by atoms with Crippen LogP contribution < -0.4 is 20.1 Å². The summed E-state index contributed by atoms with van der Waals surface area (Å²) in [5, 5.41) is 5.36. The summed E-state index contributed by atoms with van der Waals surface area (Å²) in [6.07, 6.45) is 1.37. The molecule has 2 aromatic carbocycles. The third kappa shape index (κ3) is 4.32. The van der Waals surface area contributed by atoms with Crippen LogP contribution in [0.4, 0.5) is 15.8 Å². The zero-order chi connectivity index (χ0) is 20.2. The van der Waals surface area contributed by atoms with Gasteiger partial charge in [-0.15, -0.1) is 0 Å². The first kappa shape index (κ1) is 18.4. The Labute approximate surface area is 165 Å². The number of carbonyl (C=O) groups is 2. The van der Waals surface area contributed by atoms with E-state index in [0.717, 1.165) is 0 Å². The Hall–Kier alpha value is -3.94. The number of ether oxygens (including phenoxy) is 2. The lowest BCUT2D eigenvalue weighted by Crippen LogP contribution is -2.18. The zero-order valence-corrected chi connectivity index (χ0v) is 15.1. The smallest absolute Gasteiger partial charge is 0.274 e. The van der Waals surface area contributed by atoms with Crippen molar-refractivity contribution in [1.82, 2.24) is 4.98 Å². The molecule has 2 heterocycles. The SMILES string of the molecule is O=C(Nc1ccc2c(c1)OCCO2)c1ccnc(C(=O)Nc2ccc(F)cc2)c1. The molecule has 0 unspecified atom stereocenters. The van der Waals surface area contributed by atoms with Crippen molar-refractivity contribution in [3.05, 3.63) is 77.9 Å². The maximum absolute atomic E-state index is 13.0. The predicted octanol–water partition coefficient (Wildman–Crippen LogP) is 3.50. The summed E-state index contributed by atoms with van der Waals surface area (Å²) in [6, 6.07) is 13.3. The highest BCUT2D eigenvalue weighted by Gasteiger charge is 2.15. The van der Waals surface area contributed by atoms with Crippen LogP contribution in [0.1, 0.15) is 20.8 Å². The fourth-order valence-corrected chi connectivity index (χ4v) is 2.75. The molecule has 0 bridgehead atoms. The molecule has 0 saturated heterocycles. The lowest BCUT2D eigenvalue weighted by molar-refractivity contribution is 0.102. The number of halogens is 1. The van der Waals surface area contributed by atoms with E-state index in [1.807, 2.05) is 0 Å². The lowest BCUT2D eigenvalue weighted by Gasteiger charge is -2.19. The molecule has 7 nitrogen and oxygen atoms in total. The number of carbonyl (C=O) groups excluding carboxylic acids is 2. The van der Waals surface area contributed by atoms with Crippen molar-refractivity contribution in [1.29, 1.82) is 0 Å². The number of nitrogens with one attached hydrogen (secondary N) is 2. The lowest BCUT2D eigenvalue weighted by atomic mass is 10.2. The van der Waals surface area contributed by atoms with E-state index in [0.29, 0.717) is 36.1 Å². The second-order valence-corrected chi connectivity index (χ2v) is 6.20. The molecule has 0 radical (unpaired) electrons. The van der Waals surface area contributed by atoms with E-state index in [1.165, 1.54) is 42.6 Å². The Kier molecular flexibility index (Phi) is 5.07. The van der Waals surface area contributed by atoms with Crippen LogP contribution in [0.2, 0.25) is 0 Å². The van der Waals surface area contributed by atoms with Gasteiger partial charge in [0, 0.05) is 29.2 Å². The second kappa shape index (κ2) is 7.97. The number of nitrogens with zero attached hydrogens (tertiary/aromatic N) is 1. The monoisotopic (exact) mass is 393 g/mol. The number of rotatable bonds is 4. The van der Waals surface area contributed by atoms with Crippen molar-refractivity contribution in [3.8, 4) is 11.5 Å². The highest BCUT2D eigenvalue weighted by molar-refractivity contribution is 6.07. The summed E-state index contributed by atoms with van der Waals surface area (Å²) in [6.45, 7) is 0.930. The number of benzene rings is 2. The molecule has 2 amide bonds. The molecule has 0 spiro atoms. The van der Waals surface area contributed by atoms with Crippen LogP contribution in [0.3, 0.4) is 0 Å². The van der Waals surface area contributed by atoms with E-state index in [1.54, 1.807) is 18.2 Å². The number of pyridine rings is 1. The number of anilines is 2. The molecule has 29 heavy (non-hydrogen) atoms. The molecule has 4 rings (SSSR count). The van der Waals surface area contributed by atoms with E-state index in [2.05, 4.69) is 15.6 Å². The third-order valence-corrected chi connectivity index (χ3v) is 4.16. The normalized spacial score (nSPS) is 12.2. The molecule has 3 aromatic rings. The Morgan fingerprint density at radius 1 is 0.828 bits per heavy atom. The summed E-state index contributed by atoms with van der Waals surface area (Å²) in [5.41, 5.74) is 1.28. The van der Waals surface area contributed by atoms with Crippen molar-refractivity contribution in [2.24, 2.45) is 0 Å². The van der Waals surface area contributed by atoms with Gasteiger partial charge in [0.15, 0.2) is 11.5 Å². The molecule has 2 N–H and O–H groups in total. The van der Waals surface area contributed by atoms with Crippen LogP contribution in [0.5, 0.6) is 11.5 Å². The van der Waals surface area contributed by atoms with Crippen LogP contribution in [0, 0.1) is 5.82 Å². The number of amides is 2. The van der Waals surface area contributed by atoms with Crippen LogP contribution >= 0.6 is 0 Å². The van der Waals surface area contributed by atoms with E-state index < -0.39 is 17.6 Å². The average Bonchev–Trinajstić information content (AvgIpc) is 2.75. The Morgan fingerprint density at radius 2 is 1.52 bits per heavy atom. The van der Waals surface area contributed by atoms with E-state index >= 15 is 0 Å². The predicted molar refractivity (Wildman–Crippen MR) is 104 cm³/mol.